The monoisotopic (exact) mass is 377 g/mol. The summed E-state index contributed by atoms with van der Waals surface area (Å²) in [6.45, 7) is 3.59. The van der Waals surface area contributed by atoms with Crippen molar-refractivity contribution in [3.63, 3.8) is 0 Å². The Morgan fingerprint density at radius 2 is 1.95 bits per heavy atom. The van der Waals surface area contributed by atoms with Crippen LogP contribution in [0, 0.1) is 0 Å². The van der Waals surface area contributed by atoms with Crippen LogP contribution in [0.15, 0.2) is 52.6 Å². The highest BCUT2D eigenvalue weighted by atomic mass is 79.9. The molecule has 3 nitrogen and oxygen atoms in total. The number of allylic oxidation sites excluding steroid dienone is 1. The van der Waals surface area contributed by atoms with E-state index in [2.05, 4.69) is 38.3 Å². The standard InChI is InChI=1S/C17H17BrClN3/c1-11(20)17-15-7-2-12(18)10-16(15)22(9-8-21-17)14-5-3-13(19)4-6-14/h2-7,10,21H,8-9,20H2,1H3/b17-11-. The first-order valence-electron chi connectivity index (χ1n) is 7.09. The fourth-order valence-electron chi connectivity index (χ4n) is 2.69. The summed E-state index contributed by atoms with van der Waals surface area (Å²) in [5.74, 6) is 0. The first-order valence-corrected chi connectivity index (χ1v) is 8.26. The van der Waals surface area contributed by atoms with Gasteiger partial charge in [0.2, 0.25) is 0 Å². The van der Waals surface area contributed by atoms with Crippen molar-refractivity contribution in [2.24, 2.45) is 5.73 Å². The van der Waals surface area contributed by atoms with Crippen molar-refractivity contribution in [2.45, 2.75) is 6.92 Å². The Labute approximate surface area is 143 Å². The lowest BCUT2D eigenvalue weighted by molar-refractivity contribution is 0.846. The van der Waals surface area contributed by atoms with E-state index in [0.29, 0.717) is 0 Å². The van der Waals surface area contributed by atoms with Gasteiger partial charge in [0.25, 0.3) is 0 Å². The molecule has 114 valence electrons. The SMILES string of the molecule is C/C(N)=C1/NCCN(c2ccc(Cl)cc2)c2cc(Br)ccc21. The maximum Gasteiger partial charge on any atom is 0.0623 e. The summed E-state index contributed by atoms with van der Waals surface area (Å²) in [6, 6.07) is 14.2. The minimum atomic E-state index is 0.740. The van der Waals surface area contributed by atoms with Crippen LogP contribution >= 0.6 is 27.5 Å². The molecule has 2 aromatic carbocycles. The summed E-state index contributed by atoms with van der Waals surface area (Å²) in [7, 11) is 0. The van der Waals surface area contributed by atoms with Gasteiger partial charge < -0.3 is 16.0 Å². The Morgan fingerprint density at radius 3 is 2.64 bits per heavy atom. The summed E-state index contributed by atoms with van der Waals surface area (Å²) >= 11 is 9.58. The molecule has 0 saturated heterocycles. The summed E-state index contributed by atoms with van der Waals surface area (Å²) < 4.78 is 1.04. The molecule has 2 aromatic rings. The molecule has 22 heavy (non-hydrogen) atoms. The van der Waals surface area contributed by atoms with E-state index < -0.39 is 0 Å². The number of nitrogens with zero attached hydrogens (tertiary/aromatic N) is 1. The Hall–Kier alpha value is -1.65. The topological polar surface area (TPSA) is 41.3 Å². The Balaban J connectivity index is 2.16. The van der Waals surface area contributed by atoms with Crippen molar-refractivity contribution >= 4 is 44.6 Å². The maximum atomic E-state index is 6.06. The second kappa shape index (κ2) is 6.23. The van der Waals surface area contributed by atoms with Crippen LogP contribution in [-0.4, -0.2) is 13.1 Å². The second-order valence-electron chi connectivity index (χ2n) is 5.27. The van der Waals surface area contributed by atoms with E-state index in [-0.39, 0.29) is 0 Å². The summed E-state index contributed by atoms with van der Waals surface area (Å²) in [4.78, 5) is 2.28. The van der Waals surface area contributed by atoms with Crippen LogP contribution < -0.4 is 16.0 Å². The van der Waals surface area contributed by atoms with Gasteiger partial charge >= 0.3 is 0 Å². The third kappa shape index (κ3) is 2.94. The Kier molecular flexibility index (Phi) is 4.32. The van der Waals surface area contributed by atoms with Crippen LogP contribution in [0.4, 0.5) is 11.4 Å². The highest BCUT2D eigenvalue weighted by Crippen LogP contribution is 2.36. The van der Waals surface area contributed by atoms with E-state index in [1.54, 1.807) is 0 Å². The Bertz CT molecular complexity index is 721. The van der Waals surface area contributed by atoms with Gasteiger partial charge in [0.1, 0.15) is 0 Å². The fourth-order valence-corrected chi connectivity index (χ4v) is 3.16. The quantitative estimate of drug-likeness (QED) is 0.768. The molecule has 3 rings (SSSR count). The van der Waals surface area contributed by atoms with Crippen LogP contribution in [0.2, 0.25) is 5.02 Å². The summed E-state index contributed by atoms with van der Waals surface area (Å²) in [5.41, 5.74) is 11.2. The van der Waals surface area contributed by atoms with Crippen molar-refractivity contribution in [3.8, 4) is 0 Å². The summed E-state index contributed by atoms with van der Waals surface area (Å²) in [5, 5.41) is 4.18. The molecule has 0 radical (unpaired) electrons. The molecule has 0 atom stereocenters. The predicted octanol–water partition coefficient (Wildman–Crippen LogP) is 4.49. The lowest BCUT2D eigenvalue weighted by Gasteiger charge is -2.25. The van der Waals surface area contributed by atoms with E-state index in [1.165, 1.54) is 0 Å². The van der Waals surface area contributed by atoms with Crippen LogP contribution in [-0.2, 0) is 0 Å². The van der Waals surface area contributed by atoms with Crippen LogP contribution in [0.25, 0.3) is 5.70 Å². The summed E-state index contributed by atoms with van der Waals surface area (Å²) in [6.07, 6.45) is 0. The van der Waals surface area contributed by atoms with Crippen molar-refractivity contribution in [1.82, 2.24) is 5.32 Å². The number of nitrogens with two attached hydrogens (primary N) is 1. The van der Waals surface area contributed by atoms with E-state index >= 15 is 0 Å². The molecule has 1 heterocycles. The normalized spacial score (nSPS) is 16.6. The van der Waals surface area contributed by atoms with E-state index in [1.807, 2.05) is 37.3 Å². The molecule has 5 heteroatoms. The molecule has 3 N–H and O–H groups in total. The number of fused-ring (bicyclic) bond motifs is 1. The largest absolute Gasteiger partial charge is 0.401 e. The number of anilines is 2. The van der Waals surface area contributed by atoms with E-state index in [0.717, 1.165) is 50.9 Å². The van der Waals surface area contributed by atoms with Gasteiger partial charge in [-0.05, 0) is 49.4 Å². The lowest BCUT2D eigenvalue weighted by atomic mass is 10.1. The van der Waals surface area contributed by atoms with Gasteiger partial charge in [-0.1, -0.05) is 27.5 Å². The minimum Gasteiger partial charge on any atom is -0.401 e. The van der Waals surface area contributed by atoms with Gasteiger partial charge in [0, 0.05) is 39.5 Å². The first kappa shape index (κ1) is 15.3. The molecule has 0 bridgehead atoms. The Morgan fingerprint density at radius 1 is 1.23 bits per heavy atom. The molecule has 1 aliphatic heterocycles. The number of hydrogen-bond donors (Lipinski definition) is 2. The molecule has 0 aliphatic carbocycles. The number of nitrogens with one attached hydrogen (secondary N) is 1. The lowest BCUT2D eigenvalue weighted by Crippen LogP contribution is -2.24. The smallest absolute Gasteiger partial charge is 0.0623 e. The zero-order valence-corrected chi connectivity index (χ0v) is 14.6. The molecule has 0 spiro atoms. The zero-order chi connectivity index (χ0) is 15.7. The molecular weight excluding hydrogens is 362 g/mol. The maximum absolute atomic E-state index is 6.06. The highest BCUT2D eigenvalue weighted by molar-refractivity contribution is 9.10. The van der Waals surface area contributed by atoms with Crippen molar-refractivity contribution in [2.75, 3.05) is 18.0 Å². The van der Waals surface area contributed by atoms with Crippen molar-refractivity contribution in [1.29, 1.82) is 0 Å². The number of rotatable bonds is 1. The molecule has 0 fully saturated rings. The molecule has 0 amide bonds. The molecular formula is C17H17BrClN3. The van der Waals surface area contributed by atoms with Gasteiger partial charge in [-0.3, -0.25) is 0 Å². The van der Waals surface area contributed by atoms with Crippen molar-refractivity contribution < 1.29 is 0 Å². The third-order valence-electron chi connectivity index (χ3n) is 3.69. The zero-order valence-electron chi connectivity index (χ0n) is 12.2. The third-order valence-corrected chi connectivity index (χ3v) is 4.43. The van der Waals surface area contributed by atoms with Gasteiger partial charge in [-0.25, -0.2) is 0 Å². The van der Waals surface area contributed by atoms with Crippen LogP contribution in [0.5, 0.6) is 0 Å². The van der Waals surface area contributed by atoms with Crippen LogP contribution in [0.1, 0.15) is 12.5 Å². The van der Waals surface area contributed by atoms with Gasteiger partial charge in [-0.2, -0.15) is 0 Å². The van der Waals surface area contributed by atoms with Gasteiger partial charge in [0.15, 0.2) is 0 Å². The second-order valence-corrected chi connectivity index (χ2v) is 6.63. The average molecular weight is 379 g/mol. The number of hydrogen-bond acceptors (Lipinski definition) is 3. The highest BCUT2D eigenvalue weighted by Gasteiger charge is 2.20. The average Bonchev–Trinajstić information content (AvgIpc) is 2.67. The first-order chi connectivity index (χ1) is 10.6. The van der Waals surface area contributed by atoms with Gasteiger partial charge in [-0.15, -0.1) is 0 Å². The molecule has 0 aromatic heterocycles. The van der Waals surface area contributed by atoms with Gasteiger partial charge in [0.05, 0.1) is 11.4 Å². The molecule has 0 saturated carbocycles. The number of halogens is 2. The number of benzene rings is 2. The van der Waals surface area contributed by atoms with E-state index in [4.69, 9.17) is 17.3 Å². The predicted molar refractivity (Wildman–Crippen MR) is 97.4 cm³/mol. The van der Waals surface area contributed by atoms with Crippen LogP contribution in [0.3, 0.4) is 0 Å². The molecule has 1 aliphatic rings. The minimum absolute atomic E-state index is 0.740. The van der Waals surface area contributed by atoms with E-state index in [9.17, 15) is 0 Å². The molecule has 0 unspecified atom stereocenters. The fraction of sp³-hybridized carbons (Fsp3) is 0.176. The van der Waals surface area contributed by atoms with Crippen molar-refractivity contribution in [3.05, 3.63) is 63.2 Å².